The molecule has 4 nitrogen and oxygen atoms in total. The van der Waals surface area contributed by atoms with E-state index in [1.807, 2.05) is 24.0 Å². The number of piperidine rings is 1. The van der Waals surface area contributed by atoms with E-state index in [9.17, 15) is 9.90 Å². The van der Waals surface area contributed by atoms with Gasteiger partial charge in [0.15, 0.2) is 6.61 Å². The minimum atomic E-state index is -0.431. The zero-order chi connectivity index (χ0) is 14.4. The van der Waals surface area contributed by atoms with Crippen LogP contribution < -0.4 is 4.74 Å². The number of rotatable bonds is 5. The number of likely N-dealkylation sites (tertiary alicyclic amines) is 1. The van der Waals surface area contributed by atoms with Crippen LogP contribution in [0.4, 0.5) is 0 Å². The van der Waals surface area contributed by atoms with Crippen molar-refractivity contribution in [1.29, 1.82) is 0 Å². The van der Waals surface area contributed by atoms with Crippen LogP contribution in [0.15, 0.2) is 24.3 Å². The molecule has 0 aromatic heterocycles. The Morgan fingerprint density at radius 2 is 1.90 bits per heavy atom. The Kier molecular flexibility index (Phi) is 5.41. The maximum atomic E-state index is 12.0. The highest BCUT2D eigenvalue weighted by molar-refractivity contribution is 5.77. The average molecular weight is 277 g/mol. The van der Waals surface area contributed by atoms with Crippen molar-refractivity contribution >= 4 is 5.91 Å². The summed E-state index contributed by atoms with van der Waals surface area (Å²) in [6, 6.07) is 7.29. The first-order chi connectivity index (χ1) is 9.70. The summed E-state index contributed by atoms with van der Waals surface area (Å²) >= 11 is 0. The van der Waals surface area contributed by atoms with Gasteiger partial charge in [-0.05, 0) is 43.4 Å². The normalized spacial score (nSPS) is 16.8. The van der Waals surface area contributed by atoms with Crippen LogP contribution in [0.1, 0.15) is 44.3 Å². The van der Waals surface area contributed by atoms with Crippen molar-refractivity contribution in [2.24, 2.45) is 0 Å². The highest BCUT2D eigenvalue weighted by Crippen LogP contribution is 2.20. The van der Waals surface area contributed by atoms with Crippen molar-refractivity contribution in [3.8, 4) is 5.75 Å². The lowest BCUT2D eigenvalue weighted by Gasteiger charge is -2.26. The van der Waals surface area contributed by atoms with Gasteiger partial charge in [-0.2, -0.15) is 0 Å². The van der Waals surface area contributed by atoms with E-state index < -0.39 is 6.10 Å². The molecule has 1 saturated heterocycles. The first-order valence-corrected chi connectivity index (χ1v) is 7.39. The van der Waals surface area contributed by atoms with Crippen molar-refractivity contribution < 1.29 is 14.6 Å². The second-order valence-corrected chi connectivity index (χ2v) is 5.22. The minimum Gasteiger partial charge on any atom is -0.484 e. The Bertz CT molecular complexity index is 424. The first kappa shape index (κ1) is 14.9. The maximum Gasteiger partial charge on any atom is 0.260 e. The Morgan fingerprint density at radius 3 is 2.50 bits per heavy atom. The van der Waals surface area contributed by atoms with E-state index in [0.29, 0.717) is 12.2 Å². The molecule has 4 heteroatoms. The lowest BCUT2D eigenvalue weighted by molar-refractivity contribution is -0.134. The molecule has 0 bridgehead atoms. The molecule has 0 saturated carbocycles. The number of benzene rings is 1. The second kappa shape index (κ2) is 7.29. The number of ether oxygens (including phenoxy) is 1. The van der Waals surface area contributed by atoms with Crippen molar-refractivity contribution in [3.63, 3.8) is 0 Å². The number of aliphatic hydroxyl groups excluding tert-OH is 1. The van der Waals surface area contributed by atoms with Crippen molar-refractivity contribution in [2.45, 2.75) is 38.7 Å². The monoisotopic (exact) mass is 277 g/mol. The lowest BCUT2D eigenvalue weighted by atomic mass is 10.1. The van der Waals surface area contributed by atoms with Crippen LogP contribution in [-0.4, -0.2) is 35.6 Å². The van der Waals surface area contributed by atoms with Crippen LogP contribution >= 0.6 is 0 Å². The van der Waals surface area contributed by atoms with E-state index in [2.05, 4.69) is 0 Å². The van der Waals surface area contributed by atoms with E-state index in [4.69, 9.17) is 4.74 Å². The SMILES string of the molecule is CCC(O)c1ccc(OCC(=O)N2CCCCC2)cc1. The summed E-state index contributed by atoms with van der Waals surface area (Å²) < 4.78 is 5.52. The third-order valence-corrected chi connectivity index (χ3v) is 3.72. The summed E-state index contributed by atoms with van der Waals surface area (Å²) in [7, 11) is 0. The molecule has 1 atom stereocenters. The van der Waals surface area contributed by atoms with Gasteiger partial charge >= 0.3 is 0 Å². The van der Waals surface area contributed by atoms with Gasteiger partial charge in [-0.15, -0.1) is 0 Å². The molecule has 1 aromatic rings. The number of hydrogen-bond acceptors (Lipinski definition) is 3. The van der Waals surface area contributed by atoms with Gasteiger partial charge in [-0.3, -0.25) is 4.79 Å². The van der Waals surface area contributed by atoms with E-state index in [1.54, 1.807) is 12.1 Å². The fourth-order valence-electron chi connectivity index (χ4n) is 2.40. The Morgan fingerprint density at radius 1 is 1.25 bits per heavy atom. The summed E-state index contributed by atoms with van der Waals surface area (Å²) in [6.07, 6.45) is 3.66. The second-order valence-electron chi connectivity index (χ2n) is 5.22. The molecule has 1 fully saturated rings. The smallest absolute Gasteiger partial charge is 0.260 e. The molecule has 1 N–H and O–H groups in total. The molecule has 1 heterocycles. The quantitative estimate of drug-likeness (QED) is 0.899. The van der Waals surface area contributed by atoms with E-state index in [1.165, 1.54) is 6.42 Å². The molecule has 2 rings (SSSR count). The van der Waals surface area contributed by atoms with Gasteiger partial charge in [0.1, 0.15) is 5.75 Å². The van der Waals surface area contributed by atoms with Gasteiger partial charge in [0.2, 0.25) is 0 Å². The zero-order valence-electron chi connectivity index (χ0n) is 12.0. The topological polar surface area (TPSA) is 49.8 Å². The number of hydrogen-bond donors (Lipinski definition) is 1. The fraction of sp³-hybridized carbons (Fsp3) is 0.562. The van der Waals surface area contributed by atoms with Gasteiger partial charge in [0.25, 0.3) is 5.91 Å². The predicted octanol–water partition coefficient (Wildman–Crippen LogP) is 2.52. The third-order valence-electron chi connectivity index (χ3n) is 3.72. The molecule has 1 amide bonds. The van der Waals surface area contributed by atoms with E-state index in [-0.39, 0.29) is 12.5 Å². The molecule has 0 aliphatic carbocycles. The van der Waals surface area contributed by atoms with Crippen molar-refractivity contribution in [2.75, 3.05) is 19.7 Å². The molecule has 0 spiro atoms. The molecule has 1 aliphatic rings. The van der Waals surface area contributed by atoms with Gasteiger partial charge in [-0.1, -0.05) is 19.1 Å². The van der Waals surface area contributed by atoms with Crippen LogP contribution in [0.25, 0.3) is 0 Å². The highest BCUT2D eigenvalue weighted by atomic mass is 16.5. The Balaban J connectivity index is 1.82. The number of carbonyl (C=O) groups is 1. The van der Waals surface area contributed by atoms with E-state index >= 15 is 0 Å². The highest BCUT2D eigenvalue weighted by Gasteiger charge is 2.16. The van der Waals surface area contributed by atoms with Gasteiger partial charge in [0, 0.05) is 13.1 Å². The molecular formula is C16H23NO3. The van der Waals surface area contributed by atoms with Crippen LogP contribution in [-0.2, 0) is 4.79 Å². The summed E-state index contributed by atoms with van der Waals surface area (Å²) in [5, 5.41) is 9.71. The van der Waals surface area contributed by atoms with Crippen LogP contribution in [0, 0.1) is 0 Å². The number of aliphatic hydroxyl groups is 1. The lowest BCUT2D eigenvalue weighted by Crippen LogP contribution is -2.38. The standard InChI is InChI=1S/C16H23NO3/c1-2-15(18)13-6-8-14(9-7-13)20-12-16(19)17-10-4-3-5-11-17/h6-9,15,18H,2-5,10-12H2,1H3. The van der Waals surface area contributed by atoms with Gasteiger partial charge < -0.3 is 14.7 Å². The largest absolute Gasteiger partial charge is 0.484 e. The summed E-state index contributed by atoms with van der Waals surface area (Å²) in [5.41, 5.74) is 0.877. The van der Waals surface area contributed by atoms with Crippen molar-refractivity contribution in [3.05, 3.63) is 29.8 Å². The number of nitrogens with zero attached hydrogens (tertiary/aromatic N) is 1. The van der Waals surface area contributed by atoms with Gasteiger partial charge in [0.05, 0.1) is 6.10 Å². The molecule has 1 aromatic carbocycles. The minimum absolute atomic E-state index is 0.0577. The van der Waals surface area contributed by atoms with Crippen LogP contribution in [0.2, 0.25) is 0 Å². The summed E-state index contributed by atoms with van der Waals surface area (Å²) in [6.45, 7) is 3.73. The number of amides is 1. The average Bonchev–Trinajstić information content (AvgIpc) is 2.53. The van der Waals surface area contributed by atoms with E-state index in [0.717, 1.165) is 31.5 Å². The first-order valence-electron chi connectivity index (χ1n) is 7.39. The summed E-state index contributed by atoms with van der Waals surface area (Å²) in [4.78, 5) is 13.8. The third kappa shape index (κ3) is 3.97. The molecule has 0 radical (unpaired) electrons. The zero-order valence-corrected chi connectivity index (χ0v) is 12.0. The van der Waals surface area contributed by atoms with Gasteiger partial charge in [-0.25, -0.2) is 0 Å². The van der Waals surface area contributed by atoms with Crippen LogP contribution in [0.3, 0.4) is 0 Å². The number of carbonyl (C=O) groups excluding carboxylic acids is 1. The maximum absolute atomic E-state index is 12.0. The fourth-order valence-corrected chi connectivity index (χ4v) is 2.40. The van der Waals surface area contributed by atoms with Crippen molar-refractivity contribution in [1.82, 2.24) is 4.90 Å². The predicted molar refractivity (Wildman–Crippen MR) is 77.6 cm³/mol. The molecular weight excluding hydrogens is 254 g/mol. The molecule has 1 unspecified atom stereocenters. The summed E-state index contributed by atoms with van der Waals surface area (Å²) in [5.74, 6) is 0.727. The molecule has 110 valence electrons. The molecule has 1 aliphatic heterocycles. The Hall–Kier alpha value is -1.55. The Labute approximate surface area is 120 Å². The molecule has 20 heavy (non-hydrogen) atoms. The van der Waals surface area contributed by atoms with Crippen LogP contribution in [0.5, 0.6) is 5.75 Å².